The SMILES string of the molecule is C[C@@H]1CNCCN1Cc1cc(Cl)cc(C(F)(F)F)c1. The van der Waals surface area contributed by atoms with Crippen LogP contribution in [0.15, 0.2) is 18.2 Å². The number of rotatable bonds is 2. The van der Waals surface area contributed by atoms with Crippen LogP contribution in [0.1, 0.15) is 18.1 Å². The maximum atomic E-state index is 12.7. The Labute approximate surface area is 115 Å². The number of hydrogen-bond acceptors (Lipinski definition) is 2. The molecule has 0 unspecified atom stereocenters. The first kappa shape index (κ1) is 14.6. The first-order chi connectivity index (χ1) is 8.86. The summed E-state index contributed by atoms with van der Waals surface area (Å²) >= 11 is 5.78. The number of nitrogens with zero attached hydrogens (tertiary/aromatic N) is 1. The van der Waals surface area contributed by atoms with Gasteiger partial charge in [0.2, 0.25) is 0 Å². The molecule has 0 aromatic heterocycles. The summed E-state index contributed by atoms with van der Waals surface area (Å²) in [6, 6.07) is 4.06. The summed E-state index contributed by atoms with van der Waals surface area (Å²) in [5.41, 5.74) is -0.0774. The quantitative estimate of drug-likeness (QED) is 0.901. The molecule has 1 aliphatic rings. The molecule has 1 aromatic rings. The highest BCUT2D eigenvalue weighted by Gasteiger charge is 2.31. The molecule has 2 nitrogen and oxygen atoms in total. The van der Waals surface area contributed by atoms with Gasteiger partial charge in [-0.25, -0.2) is 0 Å². The highest BCUT2D eigenvalue weighted by Crippen LogP contribution is 2.32. The van der Waals surface area contributed by atoms with E-state index in [-0.39, 0.29) is 5.02 Å². The van der Waals surface area contributed by atoms with E-state index in [1.165, 1.54) is 6.07 Å². The van der Waals surface area contributed by atoms with Crippen molar-refractivity contribution >= 4 is 11.6 Å². The lowest BCUT2D eigenvalue weighted by Gasteiger charge is -2.34. The number of piperazine rings is 1. The molecule has 6 heteroatoms. The highest BCUT2D eigenvalue weighted by molar-refractivity contribution is 6.30. The van der Waals surface area contributed by atoms with Gasteiger partial charge in [0.15, 0.2) is 0 Å². The van der Waals surface area contributed by atoms with Crippen molar-refractivity contribution in [2.45, 2.75) is 25.7 Å². The van der Waals surface area contributed by atoms with Crippen LogP contribution in [0.5, 0.6) is 0 Å². The summed E-state index contributed by atoms with van der Waals surface area (Å²) < 4.78 is 38.2. The molecule has 1 aromatic carbocycles. The summed E-state index contributed by atoms with van der Waals surface area (Å²) in [6.07, 6.45) is -4.35. The molecule has 106 valence electrons. The van der Waals surface area contributed by atoms with Gasteiger partial charge in [-0.3, -0.25) is 4.90 Å². The summed E-state index contributed by atoms with van der Waals surface area (Å²) in [4.78, 5) is 2.16. The van der Waals surface area contributed by atoms with Gasteiger partial charge in [0.25, 0.3) is 0 Å². The van der Waals surface area contributed by atoms with Gasteiger partial charge >= 0.3 is 6.18 Å². The first-order valence-electron chi connectivity index (χ1n) is 6.17. The molecular weight excluding hydrogens is 277 g/mol. The van der Waals surface area contributed by atoms with Crippen molar-refractivity contribution in [2.24, 2.45) is 0 Å². The number of alkyl halides is 3. The van der Waals surface area contributed by atoms with Gasteiger partial charge in [0.1, 0.15) is 0 Å². The maximum absolute atomic E-state index is 12.7. The van der Waals surface area contributed by atoms with Gasteiger partial charge < -0.3 is 5.32 Å². The molecule has 0 saturated carbocycles. The third-order valence-electron chi connectivity index (χ3n) is 3.31. The molecule has 1 N–H and O–H groups in total. The van der Waals surface area contributed by atoms with Crippen LogP contribution in [-0.2, 0) is 12.7 Å². The largest absolute Gasteiger partial charge is 0.416 e. The average Bonchev–Trinajstić information content (AvgIpc) is 2.30. The van der Waals surface area contributed by atoms with E-state index in [1.54, 1.807) is 6.07 Å². The van der Waals surface area contributed by atoms with Crippen molar-refractivity contribution in [3.05, 3.63) is 34.3 Å². The van der Waals surface area contributed by atoms with Crippen molar-refractivity contribution in [2.75, 3.05) is 19.6 Å². The molecule has 1 heterocycles. The first-order valence-corrected chi connectivity index (χ1v) is 6.55. The van der Waals surface area contributed by atoms with Crippen LogP contribution in [-0.4, -0.2) is 30.6 Å². The second-order valence-corrected chi connectivity index (χ2v) is 5.31. The number of benzene rings is 1. The minimum Gasteiger partial charge on any atom is -0.314 e. The Morgan fingerprint density at radius 1 is 1.37 bits per heavy atom. The van der Waals surface area contributed by atoms with Crippen molar-refractivity contribution in [1.29, 1.82) is 0 Å². The van der Waals surface area contributed by atoms with E-state index in [2.05, 4.69) is 17.1 Å². The zero-order valence-corrected chi connectivity index (χ0v) is 11.4. The molecule has 1 atom stereocenters. The monoisotopic (exact) mass is 292 g/mol. The van der Waals surface area contributed by atoms with Crippen LogP contribution in [0.2, 0.25) is 5.02 Å². The molecular formula is C13H16ClF3N2. The predicted molar refractivity (Wildman–Crippen MR) is 69.2 cm³/mol. The molecule has 1 fully saturated rings. The van der Waals surface area contributed by atoms with Crippen LogP contribution in [0.3, 0.4) is 0 Å². The summed E-state index contributed by atoms with van der Waals surface area (Å²) in [5.74, 6) is 0. The zero-order chi connectivity index (χ0) is 14.0. The second-order valence-electron chi connectivity index (χ2n) is 4.87. The molecule has 0 radical (unpaired) electrons. The fraction of sp³-hybridized carbons (Fsp3) is 0.538. The van der Waals surface area contributed by atoms with Crippen LogP contribution in [0, 0.1) is 0 Å². The summed E-state index contributed by atoms with van der Waals surface area (Å²) in [5, 5.41) is 3.38. The topological polar surface area (TPSA) is 15.3 Å². The minimum atomic E-state index is -4.35. The Morgan fingerprint density at radius 2 is 2.11 bits per heavy atom. The van der Waals surface area contributed by atoms with E-state index in [0.29, 0.717) is 18.2 Å². The lowest BCUT2D eigenvalue weighted by molar-refractivity contribution is -0.137. The Hall–Kier alpha value is -0.780. The van der Waals surface area contributed by atoms with Crippen LogP contribution in [0.25, 0.3) is 0 Å². The van der Waals surface area contributed by atoms with Crippen molar-refractivity contribution in [1.82, 2.24) is 10.2 Å². The molecule has 0 amide bonds. The average molecular weight is 293 g/mol. The van der Waals surface area contributed by atoms with Gasteiger partial charge in [-0.05, 0) is 30.7 Å². The summed E-state index contributed by atoms with van der Waals surface area (Å²) in [6.45, 7) is 5.09. The van der Waals surface area contributed by atoms with E-state index < -0.39 is 11.7 Å². The number of hydrogen-bond donors (Lipinski definition) is 1. The Morgan fingerprint density at radius 3 is 2.74 bits per heavy atom. The molecule has 1 aliphatic heterocycles. The van der Waals surface area contributed by atoms with E-state index in [9.17, 15) is 13.2 Å². The van der Waals surface area contributed by atoms with E-state index in [0.717, 1.165) is 25.7 Å². The van der Waals surface area contributed by atoms with Gasteiger partial charge in [-0.2, -0.15) is 13.2 Å². The third kappa shape index (κ3) is 3.84. The van der Waals surface area contributed by atoms with Crippen LogP contribution < -0.4 is 5.32 Å². The zero-order valence-electron chi connectivity index (χ0n) is 10.6. The maximum Gasteiger partial charge on any atom is 0.416 e. The van der Waals surface area contributed by atoms with Crippen molar-refractivity contribution in [3.8, 4) is 0 Å². The van der Waals surface area contributed by atoms with E-state index in [4.69, 9.17) is 11.6 Å². The molecule has 19 heavy (non-hydrogen) atoms. The van der Waals surface area contributed by atoms with E-state index in [1.807, 2.05) is 0 Å². The fourth-order valence-corrected chi connectivity index (χ4v) is 2.52. The molecule has 0 bridgehead atoms. The smallest absolute Gasteiger partial charge is 0.314 e. The lowest BCUT2D eigenvalue weighted by Crippen LogP contribution is -2.49. The minimum absolute atomic E-state index is 0.132. The number of nitrogens with one attached hydrogen (secondary N) is 1. The third-order valence-corrected chi connectivity index (χ3v) is 3.53. The summed E-state index contributed by atoms with van der Waals surface area (Å²) in [7, 11) is 0. The highest BCUT2D eigenvalue weighted by atomic mass is 35.5. The van der Waals surface area contributed by atoms with Crippen molar-refractivity contribution in [3.63, 3.8) is 0 Å². The molecule has 0 aliphatic carbocycles. The molecule has 0 spiro atoms. The van der Waals surface area contributed by atoms with Gasteiger partial charge in [0, 0.05) is 37.2 Å². The molecule has 2 rings (SSSR count). The second kappa shape index (κ2) is 5.69. The van der Waals surface area contributed by atoms with E-state index >= 15 is 0 Å². The Bertz CT molecular complexity index is 448. The van der Waals surface area contributed by atoms with Gasteiger partial charge in [0.05, 0.1) is 5.56 Å². The normalized spacial score (nSPS) is 21.6. The standard InChI is InChI=1S/C13H16ClF3N2/c1-9-7-18-2-3-19(9)8-10-4-11(13(15,16)17)6-12(14)5-10/h4-6,9,18H,2-3,7-8H2,1H3/t9-/m1/s1. The Kier molecular flexibility index (Phi) is 4.38. The van der Waals surface area contributed by atoms with Gasteiger partial charge in [-0.1, -0.05) is 11.6 Å². The predicted octanol–water partition coefficient (Wildman–Crippen LogP) is 3.15. The van der Waals surface area contributed by atoms with Crippen LogP contribution >= 0.6 is 11.6 Å². The Balaban J connectivity index is 2.18. The van der Waals surface area contributed by atoms with Crippen molar-refractivity contribution < 1.29 is 13.2 Å². The number of halogens is 4. The lowest BCUT2D eigenvalue weighted by atomic mass is 10.1. The van der Waals surface area contributed by atoms with Crippen LogP contribution in [0.4, 0.5) is 13.2 Å². The molecule has 1 saturated heterocycles. The van der Waals surface area contributed by atoms with Gasteiger partial charge in [-0.15, -0.1) is 0 Å². The fourth-order valence-electron chi connectivity index (χ4n) is 2.26.